The molecule has 0 saturated carbocycles. The summed E-state index contributed by atoms with van der Waals surface area (Å²) in [6.07, 6.45) is 0. The predicted octanol–water partition coefficient (Wildman–Crippen LogP) is 4.64. The number of para-hydroxylation sites is 1. The minimum absolute atomic E-state index is 0.269. The Morgan fingerprint density at radius 2 is 1.77 bits per heavy atom. The van der Waals surface area contributed by atoms with Gasteiger partial charge in [-0.25, -0.2) is 4.99 Å². The molecule has 4 aromatic rings. The summed E-state index contributed by atoms with van der Waals surface area (Å²) in [6, 6.07) is 20.9. The maximum atomic E-state index is 14.2. The van der Waals surface area contributed by atoms with Crippen molar-refractivity contribution in [1.82, 2.24) is 4.57 Å². The number of hydrogen-bond acceptors (Lipinski definition) is 5. The molecule has 194 valence electrons. The average molecular weight is 620 g/mol. The molecule has 0 radical (unpaired) electrons. The van der Waals surface area contributed by atoms with Crippen LogP contribution in [0, 0.1) is 0 Å². The molecule has 0 bridgehead atoms. The molecule has 2 aliphatic heterocycles. The highest BCUT2D eigenvalue weighted by atomic mass is 79.9. The monoisotopic (exact) mass is 618 g/mol. The van der Waals surface area contributed by atoms with E-state index < -0.39 is 6.04 Å². The molecular weight excluding hydrogens is 600 g/mol. The zero-order valence-electron chi connectivity index (χ0n) is 20.7. The van der Waals surface area contributed by atoms with Crippen LogP contribution in [0.1, 0.15) is 24.1 Å². The summed E-state index contributed by atoms with van der Waals surface area (Å²) in [4.78, 5) is 47.8. The van der Waals surface area contributed by atoms with Crippen LogP contribution in [-0.4, -0.2) is 23.4 Å². The van der Waals surface area contributed by atoms with Crippen LogP contribution in [0.5, 0.6) is 0 Å². The number of allylic oxidation sites excluding steroid dienone is 1. The summed E-state index contributed by atoms with van der Waals surface area (Å²) < 4.78 is 2.58. The number of amides is 2. The number of benzene rings is 3. The van der Waals surface area contributed by atoms with Crippen molar-refractivity contribution in [2.45, 2.75) is 13.0 Å². The fourth-order valence-electron chi connectivity index (χ4n) is 4.96. The van der Waals surface area contributed by atoms with Gasteiger partial charge in [-0.1, -0.05) is 69.2 Å². The lowest BCUT2D eigenvalue weighted by atomic mass is 9.95. The Morgan fingerprint density at radius 3 is 2.49 bits per heavy atom. The number of hydrogen-bond donors (Lipinski definition) is 1. The fraction of sp³-hybridized carbons (Fsp3) is 0.103. The molecule has 0 fully saturated rings. The quantitative estimate of drug-likeness (QED) is 0.363. The zero-order chi connectivity index (χ0) is 27.4. The number of fused-ring (bicyclic) bond motifs is 2. The molecule has 0 unspecified atom stereocenters. The first-order valence-electron chi connectivity index (χ1n) is 12.0. The van der Waals surface area contributed by atoms with Crippen molar-refractivity contribution in [3.8, 4) is 0 Å². The number of rotatable bonds is 3. The molecule has 0 aliphatic carbocycles. The fourth-order valence-corrected chi connectivity index (χ4v) is 6.58. The first-order chi connectivity index (χ1) is 18.7. The number of carbonyl (C=O) groups is 2. The highest BCUT2D eigenvalue weighted by molar-refractivity contribution is 9.10. The van der Waals surface area contributed by atoms with Gasteiger partial charge in [0.25, 0.3) is 17.4 Å². The normalized spacial score (nSPS) is 17.6. The minimum atomic E-state index is -0.771. The van der Waals surface area contributed by atoms with Gasteiger partial charge < -0.3 is 10.2 Å². The van der Waals surface area contributed by atoms with E-state index in [1.54, 1.807) is 50.4 Å². The Balaban J connectivity index is 1.60. The van der Waals surface area contributed by atoms with E-state index in [9.17, 15) is 14.4 Å². The number of halogens is 2. The van der Waals surface area contributed by atoms with E-state index in [0.717, 1.165) is 21.5 Å². The van der Waals surface area contributed by atoms with Gasteiger partial charge in [0.15, 0.2) is 4.80 Å². The molecule has 0 spiro atoms. The van der Waals surface area contributed by atoms with Crippen molar-refractivity contribution in [1.29, 1.82) is 0 Å². The van der Waals surface area contributed by atoms with Gasteiger partial charge in [0.05, 0.1) is 28.6 Å². The first kappa shape index (κ1) is 25.5. The molecule has 7 nitrogen and oxygen atoms in total. The average Bonchev–Trinajstić information content (AvgIpc) is 3.36. The number of aromatic nitrogens is 1. The molecule has 3 aromatic carbocycles. The third-order valence-corrected chi connectivity index (χ3v) is 8.59. The molecule has 1 N–H and O–H groups in total. The number of carbonyl (C=O) groups excluding carboxylic acids is 2. The van der Waals surface area contributed by atoms with Crippen molar-refractivity contribution >= 4 is 67.6 Å². The molecule has 0 saturated heterocycles. The molecular formula is C29H20BrClN4O3S. The number of likely N-dealkylation sites (N-methyl/N-ethyl adjacent to an activating group) is 1. The highest BCUT2D eigenvalue weighted by Gasteiger charge is 2.36. The van der Waals surface area contributed by atoms with Crippen LogP contribution in [-0.2, 0) is 9.59 Å². The van der Waals surface area contributed by atoms with Gasteiger partial charge in [-0.2, -0.15) is 0 Å². The van der Waals surface area contributed by atoms with Gasteiger partial charge in [-0.15, -0.1) is 0 Å². The lowest BCUT2D eigenvalue weighted by molar-refractivity contribution is -0.113. The van der Waals surface area contributed by atoms with Crippen molar-refractivity contribution in [3.05, 3.63) is 124 Å². The Hall–Kier alpha value is -3.79. The van der Waals surface area contributed by atoms with E-state index in [1.165, 1.54) is 9.47 Å². The molecule has 6 rings (SSSR count). The number of nitrogens with zero attached hydrogens (tertiary/aromatic N) is 3. The standard InChI is InChI=1S/C29H20BrClN4O3S/c1-15-22(26(36)33-19-6-4-3-5-7-19)24(16-8-11-18(31)12-9-16)35-28(38)25(39-29(35)32-15)23-20-14-17(30)10-13-21(20)34(2)27(23)37/h3-14,24H,1-2H3,(H,33,36)/b25-23-/t24-/m1/s1. The summed E-state index contributed by atoms with van der Waals surface area (Å²) in [5, 5.41) is 3.46. The Bertz CT molecular complexity index is 1900. The lowest BCUT2D eigenvalue weighted by Crippen LogP contribution is -2.41. The Morgan fingerprint density at radius 1 is 1.05 bits per heavy atom. The third kappa shape index (κ3) is 4.27. The summed E-state index contributed by atoms with van der Waals surface area (Å²) in [6.45, 7) is 1.75. The SMILES string of the molecule is CC1=C(C(=O)Nc2ccccc2)[C@@H](c2ccc(Cl)cc2)n2c(s/c(=C3\C(=O)N(C)c4ccc(Br)cc43)c2=O)=N1. The maximum absolute atomic E-state index is 14.2. The Labute approximate surface area is 240 Å². The number of nitrogens with one attached hydrogen (secondary N) is 1. The van der Waals surface area contributed by atoms with Crippen LogP contribution in [0.3, 0.4) is 0 Å². The molecule has 10 heteroatoms. The molecule has 2 aliphatic rings. The minimum Gasteiger partial charge on any atom is -0.322 e. The Kier molecular flexibility index (Phi) is 6.37. The van der Waals surface area contributed by atoms with Crippen molar-refractivity contribution in [3.63, 3.8) is 0 Å². The largest absolute Gasteiger partial charge is 0.322 e. The second kappa shape index (κ2) is 9.75. The first-order valence-corrected chi connectivity index (χ1v) is 14.0. The summed E-state index contributed by atoms with van der Waals surface area (Å²) in [5.74, 6) is -0.638. The van der Waals surface area contributed by atoms with Crippen LogP contribution < -0.4 is 25.1 Å². The van der Waals surface area contributed by atoms with Crippen LogP contribution in [0.4, 0.5) is 11.4 Å². The maximum Gasteiger partial charge on any atom is 0.271 e. The summed E-state index contributed by atoms with van der Waals surface area (Å²) >= 11 is 10.8. The number of anilines is 2. The van der Waals surface area contributed by atoms with E-state index in [2.05, 4.69) is 26.2 Å². The molecule has 2 amide bonds. The molecule has 39 heavy (non-hydrogen) atoms. The van der Waals surface area contributed by atoms with Gasteiger partial charge in [0.1, 0.15) is 4.53 Å². The molecule has 3 heterocycles. The lowest BCUT2D eigenvalue weighted by Gasteiger charge is -2.25. The second-order valence-electron chi connectivity index (χ2n) is 9.17. The third-order valence-electron chi connectivity index (χ3n) is 6.79. The van der Waals surface area contributed by atoms with Crippen LogP contribution in [0.25, 0.3) is 5.57 Å². The molecule has 1 aromatic heterocycles. The summed E-state index contributed by atoms with van der Waals surface area (Å²) in [7, 11) is 1.69. The highest BCUT2D eigenvalue weighted by Crippen LogP contribution is 2.36. The van der Waals surface area contributed by atoms with E-state index in [4.69, 9.17) is 11.6 Å². The van der Waals surface area contributed by atoms with E-state index in [-0.39, 0.29) is 21.9 Å². The van der Waals surface area contributed by atoms with Crippen molar-refractivity contribution in [2.75, 3.05) is 17.3 Å². The zero-order valence-corrected chi connectivity index (χ0v) is 23.9. The van der Waals surface area contributed by atoms with Crippen LogP contribution >= 0.6 is 38.9 Å². The van der Waals surface area contributed by atoms with Gasteiger partial charge in [-0.3, -0.25) is 19.0 Å². The second-order valence-corrected chi connectivity index (χ2v) is 11.5. The smallest absolute Gasteiger partial charge is 0.271 e. The van der Waals surface area contributed by atoms with E-state index >= 15 is 0 Å². The van der Waals surface area contributed by atoms with Crippen LogP contribution in [0.15, 0.2) is 98.3 Å². The summed E-state index contributed by atoms with van der Waals surface area (Å²) in [5.41, 5.74) is 3.47. The molecule has 1 atom stereocenters. The predicted molar refractivity (Wildman–Crippen MR) is 157 cm³/mol. The van der Waals surface area contributed by atoms with E-state index in [0.29, 0.717) is 43.5 Å². The van der Waals surface area contributed by atoms with Gasteiger partial charge in [0.2, 0.25) is 0 Å². The van der Waals surface area contributed by atoms with Gasteiger partial charge in [0, 0.05) is 27.8 Å². The topological polar surface area (TPSA) is 83.8 Å². The van der Waals surface area contributed by atoms with Crippen LogP contribution in [0.2, 0.25) is 5.02 Å². The van der Waals surface area contributed by atoms with Gasteiger partial charge in [-0.05, 0) is 55.0 Å². The van der Waals surface area contributed by atoms with Gasteiger partial charge >= 0.3 is 0 Å². The van der Waals surface area contributed by atoms with E-state index in [1.807, 2.05) is 36.4 Å². The number of thiazole rings is 1. The van der Waals surface area contributed by atoms with Crippen molar-refractivity contribution in [2.24, 2.45) is 4.99 Å². The van der Waals surface area contributed by atoms with Crippen molar-refractivity contribution < 1.29 is 9.59 Å².